The SMILES string of the molecule is CC(C)(C)NCCc1c[nH]c2ccc(C(C)(C)C)cc12. The van der Waals surface area contributed by atoms with E-state index in [1.807, 2.05) is 0 Å². The zero-order chi connectivity index (χ0) is 15.0. The Kier molecular flexibility index (Phi) is 3.97. The van der Waals surface area contributed by atoms with Gasteiger partial charge in [-0.15, -0.1) is 0 Å². The molecule has 0 amide bonds. The maximum atomic E-state index is 3.56. The number of H-pyrrole nitrogens is 1. The Bertz CT molecular complexity index is 579. The van der Waals surface area contributed by atoms with Crippen LogP contribution in [0.25, 0.3) is 10.9 Å². The highest BCUT2D eigenvalue weighted by Gasteiger charge is 2.15. The molecule has 1 aromatic heterocycles. The Hall–Kier alpha value is -1.28. The number of aromatic nitrogens is 1. The van der Waals surface area contributed by atoms with Crippen LogP contribution in [0, 0.1) is 0 Å². The van der Waals surface area contributed by atoms with Crippen molar-refractivity contribution in [2.24, 2.45) is 0 Å². The van der Waals surface area contributed by atoms with Crippen LogP contribution in [0.5, 0.6) is 0 Å². The van der Waals surface area contributed by atoms with E-state index in [0.717, 1.165) is 13.0 Å². The van der Waals surface area contributed by atoms with Gasteiger partial charge in [0.05, 0.1) is 0 Å². The van der Waals surface area contributed by atoms with Crippen molar-refractivity contribution in [2.45, 2.75) is 58.9 Å². The third kappa shape index (κ3) is 3.63. The summed E-state index contributed by atoms with van der Waals surface area (Å²) in [6.07, 6.45) is 3.21. The van der Waals surface area contributed by atoms with E-state index in [4.69, 9.17) is 0 Å². The number of benzene rings is 1. The van der Waals surface area contributed by atoms with Gasteiger partial charge in [-0.25, -0.2) is 0 Å². The molecule has 0 aliphatic heterocycles. The molecule has 0 fully saturated rings. The summed E-state index contributed by atoms with van der Waals surface area (Å²) >= 11 is 0. The number of aromatic amines is 1. The van der Waals surface area contributed by atoms with E-state index in [1.165, 1.54) is 22.0 Å². The van der Waals surface area contributed by atoms with Crippen LogP contribution in [0.1, 0.15) is 52.7 Å². The van der Waals surface area contributed by atoms with Gasteiger partial charge in [0, 0.05) is 22.6 Å². The molecule has 2 nitrogen and oxygen atoms in total. The molecule has 2 aromatic rings. The summed E-state index contributed by atoms with van der Waals surface area (Å²) in [4.78, 5) is 3.39. The molecule has 1 heterocycles. The fraction of sp³-hybridized carbons (Fsp3) is 0.556. The zero-order valence-electron chi connectivity index (χ0n) is 13.7. The topological polar surface area (TPSA) is 27.8 Å². The minimum atomic E-state index is 0.183. The molecule has 110 valence electrons. The van der Waals surface area contributed by atoms with Gasteiger partial charge < -0.3 is 10.3 Å². The maximum absolute atomic E-state index is 3.56. The van der Waals surface area contributed by atoms with Crippen molar-refractivity contribution < 1.29 is 0 Å². The molecule has 0 radical (unpaired) electrons. The lowest BCUT2D eigenvalue weighted by Gasteiger charge is -2.20. The molecule has 1 aromatic carbocycles. The zero-order valence-corrected chi connectivity index (χ0v) is 13.7. The van der Waals surface area contributed by atoms with Gasteiger partial charge in [-0.2, -0.15) is 0 Å². The summed E-state index contributed by atoms with van der Waals surface area (Å²) in [5.74, 6) is 0. The van der Waals surface area contributed by atoms with Crippen molar-refractivity contribution in [2.75, 3.05) is 6.54 Å². The lowest BCUT2D eigenvalue weighted by Crippen LogP contribution is -2.37. The molecule has 2 N–H and O–H groups in total. The Labute approximate surface area is 123 Å². The average Bonchev–Trinajstić information content (AvgIpc) is 2.69. The first-order chi connectivity index (χ1) is 9.17. The molecule has 20 heavy (non-hydrogen) atoms. The van der Waals surface area contributed by atoms with E-state index in [1.54, 1.807) is 0 Å². The van der Waals surface area contributed by atoms with Crippen LogP contribution in [0.2, 0.25) is 0 Å². The van der Waals surface area contributed by atoms with Crippen LogP contribution in [0.15, 0.2) is 24.4 Å². The van der Waals surface area contributed by atoms with Crippen LogP contribution in [-0.2, 0) is 11.8 Å². The van der Waals surface area contributed by atoms with Gasteiger partial charge in [0.2, 0.25) is 0 Å². The minimum absolute atomic E-state index is 0.183. The lowest BCUT2D eigenvalue weighted by molar-refractivity contribution is 0.430. The molecule has 0 aliphatic rings. The van der Waals surface area contributed by atoms with Gasteiger partial charge in [-0.05, 0) is 62.4 Å². The molecule has 2 heteroatoms. The number of nitrogens with one attached hydrogen (secondary N) is 2. The quantitative estimate of drug-likeness (QED) is 0.851. The van der Waals surface area contributed by atoms with Crippen LogP contribution in [0.4, 0.5) is 0 Å². The predicted molar refractivity (Wildman–Crippen MR) is 88.5 cm³/mol. The predicted octanol–water partition coefficient (Wildman–Crippen LogP) is 4.40. The average molecular weight is 272 g/mol. The Balaban J connectivity index is 2.22. The van der Waals surface area contributed by atoms with Crippen LogP contribution in [0.3, 0.4) is 0 Å². The van der Waals surface area contributed by atoms with E-state index >= 15 is 0 Å². The Morgan fingerprint density at radius 1 is 1.05 bits per heavy atom. The van der Waals surface area contributed by atoms with Crippen molar-refractivity contribution in [1.82, 2.24) is 10.3 Å². The monoisotopic (exact) mass is 272 g/mol. The molecule has 0 spiro atoms. The van der Waals surface area contributed by atoms with E-state index < -0.39 is 0 Å². The first-order valence-electron chi connectivity index (χ1n) is 7.52. The standard InChI is InChI=1S/C18H28N2/c1-17(2,3)14-7-8-16-15(11-14)13(12-19-16)9-10-20-18(4,5)6/h7-8,11-12,19-20H,9-10H2,1-6H3. The van der Waals surface area contributed by atoms with E-state index in [9.17, 15) is 0 Å². The van der Waals surface area contributed by atoms with Crippen molar-refractivity contribution in [3.8, 4) is 0 Å². The van der Waals surface area contributed by atoms with E-state index in [0.29, 0.717) is 0 Å². The summed E-state index contributed by atoms with van der Waals surface area (Å²) < 4.78 is 0. The fourth-order valence-corrected chi connectivity index (χ4v) is 2.42. The number of rotatable bonds is 3. The van der Waals surface area contributed by atoms with Crippen LogP contribution < -0.4 is 5.32 Å². The lowest BCUT2D eigenvalue weighted by atomic mass is 9.86. The first-order valence-corrected chi connectivity index (χ1v) is 7.52. The Morgan fingerprint density at radius 3 is 2.35 bits per heavy atom. The number of hydrogen-bond donors (Lipinski definition) is 2. The van der Waals surface area contributed by atoms with Gasteiger partial charge in [0.1, 0.15) is 0 Å². The minimum Gasteiger partial charge on any atom is -0.361 e. The van der Waals surface area contributed by atoms with Crippen LogP contribution >= 0.6 is 0 Å². The Morgan fingerprint density at radius 2 is 1.75 bits per heavy atom. The number of fused-ring (bicyclic) bond motifs is 1. The van der Waals surface area contributed by atoms with Gasteiger partial charge in [-0.1, -0.05) is 26.8 Å². The van der Waals surface area contributed by atoms with Gasteiger partial charge in [0.15, 0.2) is 0 Å². The van der Waals surface area contributed by atoms with Crippen molar-refractivity contribution in [3.63, 3.8) is 0 Å². The van der Waals surface area contributed by atoms with E-state index in [2.05, 4.69) is 76.2 Å². The van der Waals surface area contributed by atoms with Gasteiger partial charge >= 0.3 is 0 Å². The molecular weight excluding hydrogens is 244 g/mol. The smallest absolute Gasteiger partial charge is 0.0457 e. The van der Waals surface area contributed by atoms with Gasteiger partial charge in [-0.3, -0.25) is 0 Å². The summed E-state index contributed by atoms with van der Waals surface area (Å²) in [5.41, 5.74) is 4.43. The second-order valence-corrected chi connectivity index (χ2v) is 7.75. The normalized spacial score (nSPS) is 13.1. The fourth-order valence-electron chi connectivity index (χ4n) is 2.42. The second kappa shape index (κ2) is 5.25. The third-order valence-corrected chi connectivity index (χ3v) is 3.68. The molecular formula is C18H28N2. The third-order valence-electron chi connectivity index (χ3n) is 3.68. The molecule has 0 bridgehead atoms. The van der Waals surface area contributed by atoms with Crippen molar-refractivity contribution in [3.05, 3.63) is 35.5 Å². The summed E-state index contributed by atoms with van der Waals surface area (Å²) in [6, 6.07) is 6.78. The molecule has 0 unspecified atom stereocenters. The highest BCUT2D eigenvalue weighted by atomic mass is 14.9. The van der Waals surface area contributed by atoms with Crippen molar-refractivity contribution >= 4 is 10.9 Å². The highest BCUT2D eigenvalue weighted by molar-refractivity contribution is 5.84. The summed E-state index contributed by atoms with van der Waals surface area (Å²) in [5, 5.41) is 4.92. The molecule has 0 aliphatic carbocycles. The first kappa shape index (κ1) is 15.1. The highest BCUT2D eigenvalue weighted by Crippen LogP contribution is 2.27. The second-order valence-electron chi connectivity index (χ2n) is 7.75. The molecule has 2 rings (SSSR count). The largest absolute Gasteiger partial charge is 0.361 e. The summed E-state index contributed by atoms with van der Waals surface area (Å²) in [7, 11) is 0. The molecule has 0 atom stereocenters. The summed E-state index contributed by atoms with van der Waals surface area (Å²) in [6.45, 7) is 14.4. The van der Waals surface area contributed by atoms with Crippen LogP contribution in [-0.4, -0.2) is 17.1 Å². The van der Waals surface area contributed by atoms with E-state index in [-0.39, 0.29) is 11.0 Å². The molecule has 0 saturated carbocycles. The van der Waals surface area contributed by atoms with Crippen molar-refractivity contribution in [1.29, 1.82) is 0 Å². The number of hydrogen-bond acceptors (Lipinski definition) is 1. The molecule has 0 saturated heterocycles. The van der Waals surface area contributed by atoms with Gasteiger partial charge in [0.25, 0.3) is 0 Å². The maximum Gasteiger partial charge on any atom is 0.0457 e.